The van der Waals surface area contributed by atoms with Crippen LogP contribution < -0.4 is 0 Å². The highest BCUT2D eigenvalue weighted by Gasteiger charge is 2.22. The summed E-state index contributed by atoms with van der Waals surface area (Å²) in [5.41, 5.74) is 0.859. The lowest BCUT2D eigenvalue weighted by molar-refractivity contribution is -0.141. The summed E-state index contributed by atoms with van der Waals surface area (Å²) in [4.78, 5) is 36.5. The van der Waals surface area contributed by atoms with E-state index in [9.17, 15) is 14.4 Å². The van der Waals surface area contributed by atoms with Gasteiger partial charge in [-0.25, -0.2) is 0 Å². The molecule has 6 nitrogen and oxygen atoms in total. The second kappa shape index (κ2) is 6.88. The summed E-state index contributed by atoms with van der Waals surface area (Å²) < 4.78 is 6.19. The summed E-state index contributed by atoms with van der Waals surface area (Å²) in [5.74, 6) is -0.852. The highest BCUT2D eigenvalue weighted by atomic mass is 16.5. The van der Waals surface area contributed by atoms with Crippen LogP contribution in [0, 0.1) is 0 Å². The first kappa shape index (κ1) is 15.9. The summed E-state index contributed by atoms with van der Waals surface area (Å²) in [6, 6.07) is 1.55. The van der Waals surface area contributed by atoms with Crippen molar-refractivity contribution in [3.05, 3.63) is 23.5 Å². The van der Waals surface area contributed by atoms with Gasteiger partial charge in [0.2, 0.25) is 0 Å². The largest absolute Gasteiger partial charge is 0.468 e. The van der Waals surface area contributed by atoms with E-state index in [1.54, 1.807) is 23.9 Å². The Morgan fingerprint density at radius 2 is 2.00 bits per heavy atom. The fourth-order valence-electron chi connectivity index (χ4n) is 1.87. The predicted molar refractivity (Wildman–Crippen MR) is 73.6 cm³/mol. The molecule has 1 heterocycles. The van der Waals surface area contributed by atoms with Crippen LogP contribution in [0.2, 0.25) is 0 Å². The molecule has 0 spiro atoms. The van der Waals surface area contributed by atoms with Crippen LogP contribution in [0.4, 0.5) is 0 Å². The molecule has 0 aliphatic carbocycles. The van der Waals surface area contributed by atoms with E-state index < -0.39 is 5.97 Å². The summed E-state index contributed by atoms with van der Waals surface area (Å²) in [5, 5.41) is 0. The molecular formula is C14H20N2O4. The Hall–Kier alpha value is -2.11. The standard InChI is InChI=1S/C14H20N2O4/c1-5-6-16(9-13(18)20-4)14(19)12-7-11(10(2)17)8-15(12)3/h7-8H,5-6,9H2,1-4H3. The van der Waals surface area contributed by atoms with Crippen molar-refractivity contribution in [2.45, 2.75) is 20.3 Å². The minimum atomic E-state index is -0.465. The van der Waals surface area contributed by atoms with Crippen molar-refractivity contribution < 1.29 is 19.1 Å². The molecule has 1 aromatic heterocycles. The van der Waals surface area contributed by atoms with Gasteiger partial charge in [0.1, 0.15) is 12.2 Å². The second-order valence-electron chi connectivity index (χ2n) is 4.58. The van der Waals surface area contributed by atoms with Gasteiger partial charge in [0.05, 0.1) is 7.11 Å². The maximum atomic E-state index is 12.4. The van der Waals surface area contributed by atoms with E-state index in [4.69, 9.17) is 0 Å². The van der Waals surface area contributed by atoms with Crippen molar-refractivity contribution in [2.75, 3.05) is 20.2 Å². The Kier molecular flexibility index (Phi) is 5.49. The highest BCUT2D eigenvalue weighted by Crippen LogP contribution is 2.11. The molecule has 0 saturated carbocycles. The Morgan fingerprint density at radius 1 is 1.35 bits per heavy atom. The smallest absolute Gasteiger partial charge is 0.325 e. The van der Waals surface area contributed by atoms with Crippen LogP contribution in [-0.2, 0) is 16.6 Å². The normalized spacial score (nSPS) is 10.2. The molecule has 6 heteroatoms. The van der Waals surface area contributed by atoms with Crippen LogP contribution in [0.3, 0.4) is 0 Å². The minimum absolute atomic E-state index is 0.0935. The van der Waals surface area contributed by atoms with Gasteiger partial charge in [-0.05, 0) is 19.4 Å². The topological polar surface area (TPSA) is 68.6 Å². The third-order valence-electron chi connectivity index (χ3n) is 2.96. The van der Waals surface area contributed by atoms with Gasteiger partial charge in [0.15, 0.2) is 5.78 Å². The quantitative estimate of drug-likeness (QED) is 0.581. The molecule has 0 fully saturated rings. The van der Waals surface area contributed by atoms with Gasteiger partial charge in [0.25, 0.3) is 5.91 Å². The summed E-state index contributed by atoms with van der Waals surface area (Å²) in [6.07, 6.45) is 2.34. The van der Waals surface area contributed by atoms with Gasteiger partial charge in [-0.2, -0.15) is 0 Å². The van der Waals surface area contributed by atoms with E-state index in [0.717, 1.165) is 6.42 Å². The first-order valence-electron chi connectivity index (χ1n) is 6.44. The number of methoxy groups -OCH3 is 1. The fourth-order valence-corrected chi connectivity index (χ4v) is 1.87. The van der Waals surface area contributed by atoms with Gasteiger partial charge in [-0.15, -0.1) is 0 Å². The summed E-state index contributed by atoms with van der Waals surface area (Å²) in [7, 11) is 2.98. The number of ether oxygens (including phenoxy) is 1. The lowest BCUT2D eigenvalue weighted by Crippen LogP contribution is -2.37. The minimum Gasteiger partial charge on any atom is -0.468 e. The Morgan fingerprint density at radius 3 is 2.45 bits per heavy atom. The maximum absolute atomic E-state index is 12.4. The van der Waals surface area contributed by atoms with E-state index in [1.165, 1.54) is 18.9 Å². The summed E-state index contributed by atoms with van der Waals surface area (Å²) >= 11 is 0. The third kappa shape index (κ3) is 3.69. The van der Waals surface area contributed by atoms with Crippen molar-refractivity contribution in [3.63, 3.8) is 0 Å². The van der Waals surface area contributed by atoms with Crippen LogP contribution in [0.15, 0.2) is 12.3 Å². The van der Waals surface area contributed by atoms with Crippen LogP contribution in [0.5, 0.6) is 0 Å². The van der Waals surface area contributed by atoms with Crippen molar-refractivity contribution >= 4 is 17.7 Å². The Bertz CT molecular complexity index is 519. The molecule has 110 valence electrons. The molecule has 0 aliphatic rings. The SMILES string of the molecule is CCCN(CC(=O)OC)C(=O)c1cc(C(C)=O)cn1C. The zero-order chi connectivity index (χ0) is 15.3. The van der Waals surface area contributed by atoms with Crippen LogP contribution >= 0.6 is 0 Å². The van der Waals surface area contributed by atoms with E-state index >= 15 is 0 Å². The van der Waals surface area contributed by atoms with E-state index in [0.29, 0.717) is 17.8 Å². The molecule has 0 N–H and O–H groups in total. The third-order valence-corrected chi connectivity index (χ3v) is 2.96. The van der Waals surface area contributed by atoms with E-state index in [1.807, 2.05) is 6.92 Å². The van der Waals surface area contributed by atoms with Crippen LogP contribution in [-0.4, -0.2) is 47.3 Å². The van der Waals surface area contributed by atoms with Crippen LogP contribution in [0.1, 0.15) is 41.1 Å². The number of nitrogens with zero attached hydrogens (tertiary/aromatic N) is 2. The fraction of sp³-hybridized carbons (Fsp3) is 0.500. The molecule has 0 saturated heterocycles. The number of Topliss-reactive ketones (excluding diaryl/α,β-unsaturated/α-hetero) is 1. The van der Waals surface area contributed by atoms with Crippen molar-refractivity contribution in [1.82, 2.24) is 9.47 Å². The van der Waals surface area contributed by atoms with E-state index in [2.05, 4.69) is 4.74 Å². The molecule has 0 atom stereocenters. The molecule has 0 radical (unpaired) electrons. The highest BCUT2D eigenvalue weighted by molar-refractivity contribution is 6.00. The number of hydrogen-bond acceptors (Lipinski definition) is 4. The zero-order valence-corrected chi connectivity index (χ0v) is 12.3. The average Bonchev–Trinajstić information content (AvgIpc) is 2.79. The molecule has 1 rings (SSSR count). The van der Waals surface area contributed by atoms with Gasteiger partial charge >= 0.3 is 5.97 Å². The molecule has 0 aromatic carbocycles. The number of carbonyl (C=O) groups is 3. The number of hydrogen-bond donors (Lipinski definition) is 0. The number of aromatic nitrogens is 1. The molecule has 0 unspecified atom stereocenters. The number of aryl methyl sites for hydroxylation is 1. The van der Waals surface area contributed by atoms with Gasteiger partial charge in [0, 0.05) is 25.4 Å². The number of rotatable bonds is 6. The number of amides is 1. The van der Waals surface area contributed by atoms with Gasteiger partial charge < -0.3 is 14.2 Å². The Labute approximate surface area is 118 Å². The molecule has 0 bridgehead atoms. The number of esters is 1. The predicted octanol–water partition coefficient (Wildman–Crippen LogP) is 1.25. The zero-order valence-electron chi connectivity index (χ0n) is 12.3. The number of ketones is 1. The van der Waals surface area contributed by atoms with Crippen molar-refractivity contribution in [1.29, 1.82) is 0 Å². The molecule has 1 amide bonds. The van der Waals surface area contributed by atoms with Crippen molar-refractivity contribution in [2.24, 2.45) is 7.05 Å². The number of carbonyl (C=O) groups excluding carboxylic acids is 3. The molecule has 1 aromatic rings. The van der Waals surface area contributed by atoms with Crippen LogP contribution in [0.25, 0.3) is 0 Å². The average molecular weight is 280 g/mol. The lowest BCUT2D eigenvalue weighted by atomic mass is 10.2. The van der Waals surface area contributed by atoms with Gasteiger partial charge in [-0.3, -0.25) is 14.4 Å². The molecule has 20 heavy (non-hydrogen) atoms. The lowest BCUT2D eigenvalue weighted by Gasteiger charge is -2.20. The maximum Gasteiger partial charge on any atom is 0.325 e. The monoisotopic (exact) mass is 280 g/mol. The Balaban J connectivity index is 2.99. The first-order chi connectivity index (χ1) is 9.40. The first-order valence-corrected chi connectivity index (χ1v) is 6.44. The second-order valence-corrected chi connectivity index (χ2v) is 4.58. The van der Waals surface area contributed by atoms with E-state index in [-0.39, 0.29) is 18.2 Å². The van der Waals surface area contributed by atoms with Crippen molar-refractivity contribution in [3.8, 4) is 0 Å². The molecule has 0 aliphatic heterocycles. The van der Waals surface area contributed by atoms with Gasteiger partial charge in [-0.1, -0.05) is 6.92 Å². The summed E-state index contributed by atoms with van der Waals surface area (Å²) in [6.45, 7) is 3.73. The molecular weight excluding hydrogens is 260 g/mol.